The molecule has 2 saturated heterocycles. The normalized spacial score (nSPS) is 50.3. The van der Waals surface area contributed by atoms with Crippen molar-refractivity contribution in [2.45, 2.75) is 84.5 Å². The fourth-order valence-corrected chi connectivity index (χ4v) is 8.67. The number of hydrogen-bond donors (Lipinski definition) is 0. The average Bonchev–Trinajstić information content (AvgIpc) is 3.44. The van der Waals surface area contributed by atoms with E-state index in [-0.39, 0.29) is 34.9 Å². The Labute approximate surface area is 175 Å². The van der Waals surface area contributed by atoms with Crippen LogP contribution in [0.15, 0.2) is 0 Å². The summed E-state index contributed by atoms with van der Waals surface area (Å²) in [6, 6.07) is 0.318. The van der Waals surface area contributed by atoms with Gasteiger partial charge in [0.2, 0.25) is 5.91 Å². The molecule has 3 saturated carbocycles. The number of rotatable bonds is 3. The van der Waals surface area contributed by atoms with Gasteiger partial charge in [0, 0.05) is 37.5 Å². The summed E-state index contributed by atoms with van der Waals surface area (Å²) in [7, 11) is 1.99. The highest BCUT2D eigenvalue weighted by Crippen LogP contribution is 2.68. The molecule has 2 heterocycles. The molecule has 0 radical (unpaired) electrons. The standard InChI is InChI=1S/C24H38N2O3/c1-6-26(7-2)21(27)17-10-9-15-14-8-11-18-24(4,16(14)12-13-23(15,17)3)20-19(29-20)22(28)25(18)5/h14-20H,6-13H2,1-5H3/t14?,15?,16?,17-,18?,19?,20?,23?,24?/m1/s1. The van der Waals surface area contributed by atoms with Crippen LogP contribution >= 0.6 is 0 Å². The van der Waals surface area contributed by atoms with Crippen LogP contribution in [0.1, 0.15) is 66.2 Å². The van der Waals surface area contributed by atoms with Crippen molar-refractivity contribution in [2.24, 2.45) is 34.5 Å². The number of fused-ring (bicyclic) bond motifs is 7. The number of nitrogens with zero attached hydrogens (tertiary/aromatic N) is 2. The number of hydrogen-bond acceptors (Lipinski definition) is 3. The average molecular weight is 403 g/mol. The molecule has 5 fully saturated rings. The van der Waals surface area contributed by atoms with E-state index in [0.29, 0.717) is 29.7 Å². The van der Waals surface area contributed by atoms with Gasteiger partial charge < -0.3 is 14.5 Å². The summed E-state index contributed by atoms with van der Waals surface area (Å²) in [4.78, 5) is 29.9. The molecule has 2 aliphatic heterocycles. The first-order valence-corrected chi connectivity index (χ1v) is 12.0. The van der Waals surface area contributed by atoms with Gasteiger partial charge in [0.1, 0.15) is 6.10 Å². The number of ether oxygens (including phenoxy) is 1. The zero-order chi connectivity index (χ0) is 20.7. The second kappa shape index (κ2) is 6.45. The predicted octanol–water partition coefficient (Wildman–Crippen LogP) is 3.32. The first-order chi connectivity index (χ1) is 13.8. The van der Waals surface area contributed by atoms with E-state index in [9.17, 15) is 9.59 Å². The summed E-state index contributed by atoms with van der Waals surface area (Å²) < 4.78 is 5.99. The summed E-state index contributed by atoms with van der Waals surface area (Å²) in [5, 5.41) is 0. The molecule has 0 bridgehead atoms. The molecule has 0 aromatic heterocycles. The molecule has 8 unspecified atom stereocenters. The molecule has 5 nitrogen and oxygen atoms in total. The largest absolute Gasteiger partial charge is 0.358 e. The molecule has 9 atom stereocenters. The van der Waals surface area contributed by atoms with E-state index in [1.807, 2.05) is 16.8 Å². The molecule has 0 spiro atoms. The maximum absolute atomic E-state index is 13.3. The first kappa shape index (κ1) is 19.8. The zero-order valence-electron chi connectivity index (χ0n) is 18.8. The van der Waals surface area contributed by atoms with Gasteiger partial charge in [-0.15, -0.1) is 0 Å². The molecule has 2 amide bonds. The summed E-state index contributed by atoms with van der Waals surface area (Å²) in [6.45, 7) is 10.7. The number of piperidine rings is 1. The third-order valence-electron chi connectivity index (χ3n) is 10.3. The minimum atomic E-state index is -0.186. The van der Waals surface area contributed by atoms with Crippen molar-refractivity contribution in [2.75, 3.05) is 20.1 Å². The quantitative estimate of drug-likeness (QED) is 0.681. The van der Waals surface area contributed by atoms with Gasteiger partial charge in [-0.25, -0.2) is 0 Å². The maximum Gasteiger partial charge on any atom is 0.254 e. The lowest BCUT2D eigenvalue weighted by molar-refractivity contribution is -0.156. The van der Waals surface area contributed by atoms with Crippen LogP contribution in [-0.4, -0.2) is 60.0 Å². The van der Waals surface area contributed by atoms with Crippen LogP contribution in [0.5, 0.6) is 0 Å². The van der Waals surface area contributed by atoms with Crippen LogP contribution in [0.3, 0.4) is 0 Å². The van der Waals surface area contributed by atoms with Crippen molar-refractivity contribution in [3.8, 4) is 0 Å². The molecule has 0 aromatic carbocycles. The van der Waals surface area contributed by atoms with Crippen molar-refractivity contribution >= 4 is 11.8 Å². The smallest absolute Gasteiger partial charge is 0.254 e. The fourth-order valence-electron chi connectivity index (χ4n) is 8.67. The molecular weight excluding hydrogens is 364 g/mol. The Hall–Kier alpha value is -1.10. The maximum atomic E-state index is 13.3. The minimum absolute atomic E-state index is 0.0819. The summed E-state index contributed by atoms with van der Waals surface area (Å²) >= 11 is 0. The highest BCUT2D eigenvalue weighted by molar-refractivity contribution is 5.85. The highest BCUT2D eigenvalue weighted by atomic mass is 16.6. The molecule has 5 aliphatic rings. The Morgan fingerprint density at radius 1 is 1.10 bits per heavy atom. The molecule has 29 heavy (non-hydrogen) atoms. The van der Waals surface area contributed by atoms with Gasteiger partial charge in [-0.1, -0.05) is 13.8 Å². The first-order valence-electron chi connectivity index (χ1n) is 12.0. The Kier molecular flexibility index (Phi) is 4.41. The van der Waals surface area contributed by atoms with E-state index in [2.05, 4.69) is 27.7 Å². The molecule has 0 N–H and O–H groups in total. The lowest BCUT2D eigenvalue weighted by atomic mass is 9.46. The topological polar surface area (TPSA) is 53.2 Å². The Morgan fingerprint density at radius 2 is 1.83 bits per heavy atom. The van der Waals surface area contributed by atoms with E-state index in [4.69, 9.17) is 4.74 Å². The summed E-state index contributed by atoms with van der Waals surface area (Å²) in [5.74, 6) is 2.72. The lowest BCUT2D eigenvalue weighted by Gasteiger charge is -2.60. The van der Waals surface area contributed by atoms with E-state index in [1.165, 1.54) is 19.3 Å². The molecule has 5 rings (SSSR count). The number of likely N-dealkylation sites (N-methyl/N-ethyl adjacent to an activating group) is 1. The molecule has 5 heteroatoms. The van der Waals surface area contributed by atoms with Crippen LogP contribution in [0.2, 0.25) is 0 Å². The minimum Gasteiger partial charge on any atom is -0.358 e. The summed E-state index contributed by atoms with van der Waals surface area (Å²) in [6.07, 6.45) is 6.81. The van der Waals surface area contributed by atoms with Crippen LogP contribution in [-0.2, 0) is 14.3 Å². The summed E-state index contributed by atoms with van der Waals surface area (Å²) in [5.41, 5.74) is 0.225. The molecule has 0 aromatic rings. The second-order valence-corrected chi connectivity index (χ2v) is 10.9. The van der Waals surface area contributed by atoms with Crippen molar-refractivity contribution in [1.29, 1.82) is 0 Å². The third kappa shape index (κ3) is 2.43. The number of carbonyl (C=O) groups excluding carboxylic acids is 2. The van der Waals surface area contributed by atoms with Gasteiger partial charge in [0.25, 0.3) is 5.91 Å². The van der Waals surface area contributed by atoms with Crippen molar-refractivity contribution in [3.63, 3.8) is 0 Å². The van der Waals surface area contributed by atoms with Gasteiger partial charge in [0.15, 0.2) is 6.10 Å². The van der Waals surface area contributed by atoms with Gasteiger partial charge >= 0.3 is 0 Å². The van der Waals surface area contributed by atoms with E-state index < -0.39 is 0 Å². The predicted molar refractivity (Wildman–Crippen MR) is 111 cm³/mol. The van der Waals surface area contributed by atoms with Gasteiger partial charge in [-0.05, 0) is 75.5 Å². The number of epoxide rings is 1. The van der Waals surface area contributed by atoms with Crippen molar-refractivity contribution < 1.29 is 14.3 Å². The van der Waals surface area contributed by atoms with Crippen molar-refractivity contribution in [3.05, 3.63) is 0 Å². The van der Waals surface area contributed by atoms with Crippen LogP contribution < -0.4 is 0 Å². The SMILES string of the molecule is CCN(CC)C(=O)[C@H]1CCC2C3CCC4N(C)C(=O)C5OC5C4(C)C3CCC21C. The van der Waals surface area contributed by atoms with E-state index >= 15 is 0 Å². The monoisotopic (exact) mass is 402 g/mol. The lowest BCUT2D eigenvalue weighted by Crippen LogP contribution is -2.64. The van der Waals surface area contributed by atoms with Crippen LogP contribution in [0.4, 0.5) is 0 Å². The Bertz CT molecular complexity index is 721. The van der Waals surface area contributed by atoms with Gasteiger partial charge in [-0.3, -0.25) is 9.59 Å². The Morgan fingerprint density at radius 3 is 2.52 bits per heavy atom. The van der Waals surface area contributed by atoms with Crippen molar-refractivity contribution in [1.82, 2.24) is 9.80 Å². The van der Waals surface area contributed by atoms with Crippen LogP contribution in [0.25, 0.3) is 0 Å². The van der Waals surface area contributed by atoms with Gasteiger partial charge in [-0.2, -0.15) is 0 Å². The molecular formula is C24H38N2O3. The van der Waals surface area contributed by atoms with Crippen LogP contribution in [0, 0.1) is 34.5 Å². The van der Waals surface area contributed by atoms with E-state index in [0.717, 1.165) is 32.4 Å². The zero-order valence-corrected chi connectivity index (χ0v) is 18.8. The Balaban J connectivity index is 1.43. The van der Waals surface area contributed by atoms with Gasteiger partial charge in [0.05, 0.1) is 0 Å². The number of likely N-dealkylation sites (tertiary alicyclic amines) is 1. The van der Waals surface area contributed by atoms with E-state index in [1.54, 1.807) is 0 Å². The molecule has 3 aliphatic carbocycles. The fraction of sp³-hybridized carbons (Fsp3) is 0.917. The highest BCUT2D eigenvalue weighted by Gasteiger charge is 2.71. The number of carbonyl (C=O) groups is 2. The number of amides is 2. The second-order valence-electron chi connectivity index (χ2n) is 10.9. The molecule has 162 valence electrons. The third-order valence-corrected chi connectivity index (χ3v) is 10.3.